The Morgan fingerprint density at radius 3 is 2.33 bits per heavy atom. The molecule has 0 N–H and O–H groups in total. The van der Waals surface area contributed by atoms with Gasteiger partial charge < -0.3 is 0 Å². The van der Waals surface area contributed by atoms with E-state index in [1.807, 2.05) is 12.1 Å². The van der Waals surface area contributed by atoms with Gasteiger partial charge in [-0.2, -0.15) is 5.26 Å². The minimum atomic E-state index is -0.664. The van der Waals surface area contributed by atoms with E-state index in [-0.39, 0.29) is 0 Å². The zero-order chi connectivity index (χ0) is 10.7. The number of nitrogens with zero attached hydrogens (tertiary/aromatic N) is 1. The molecule has 0 atom stereocenters. The molecule has 1 aliphatic heterocycles. The van der Waals surface area contributed by atoms with E-state index >= 15 is 0 Å². The van der Waals surface area contributed by atoms with Crippen LogP contribution in [0.5, 0.6) is 0 Å². The first-order valence-corrected chi connectivity index (χ1v) is 8.00. The van der Waals surface area contributed by atoms with Crippen LogP contribution in [0.25, 0.3) is 0 Å². The first-order valence-electron chi connectivity index (χ1n) is 5.79. The molecule has 1 aromatic carbocycles. The SMILES string of the molecule is CC1CC[SiH](c2ccc(C#N)cc2)CC1. The summed E-state index contributed by atoms with van der Waals surface area (Å²) in [5, 5.41) is 10.3. The molecule has 1 aliphatic rings. The van der Waals surface area contributed by atoms with Crippen LogP contribution in [0.3, 0.4) is 0 Å². The Bertz CT molecular complexity index is 355. The van der Waals surface area contributed by atoms with E-state index in [9.17, 15) is 0 Å². The van der Waals surface area contributed by atoms with Gasteiger partial charge in [-0.15, -0.1) is 0 Å². The first kappa shape index (κ1) is 10.4. The summed E-state index contributed by atoms with van der Waals surface area (Å²) in [7, 11) is -0.664. The van der Waals surface area contributed by atoms with E-state index in [0.29, 0.717) is 0 Å². The van der Waals surface area contributed by atoms with Gasteiger partial charge in [0.2, 0.25) is 0 Å². The normalized spacial score (nSPS) is 25.9. The zero-order valence-electron chi connectivity index (χ0n) is 9.24. The molecule has 0 aromatic heterocycles. The fraction of sp³-hybridized carbons (Fsp3) is 0.462. The summed E-state index contributed by atoms with van der Waals surface area (Å²) in [5.74, 6) is 0.937. The molecule has 0 bridgehead atoms. The Morgan fingerprint density at radius 1 is 1.20 bits per heavy atom. The van der Waals surface area contributed by atoms with Crippen LogP contribution >= 0.6 is 0 Å². The van der Waals surface area contributed by atoms with Crippen LogP contribution in [0.4, 0.5) is 0 Å². The average molecular weight is 215 g/mol. The predicted octanol–water partition coefficient (Wildman–Crippen LogP) is 2.42. The molecular formula is C13H17NSi. The molecule has 0 aliphatic carbocycles. The van der Waals surface area contributed by atoms with Crippen LogP contribution in [-0.4, -0.2) is 8.80 Å². The molecule has 0 amide bonds. The summed E-state index contributed by atoms with van der Waals surface area (Å²) in [6.07, 6.45) is 2.83. The van der Waals surface area contributed by atoms with Gasteiger partial charge in [0, 0.05) is 0 Å². The Labute approximate surface area is 93.4 Å². The van der Waals surface area contributed by atoms with E-state index in [2.05, 4.69) is 25.1 Å². The molecule has 0 unspecified atom stereocenters. The molecule has 0 saturated carbocycles. The quantitative estimate of drug-likeness (QED) is 0.660. The van der Waals surface area contributed by atoms with Crippen LogP contribution in [0, 0.1) is 17.2 Å². The second-order valence-corrected chi connectivity index (χ2v) is 7.91. The summed E-state index contributed by atoms with van der Waals surface area (Å²) in [6, 6.07) is 13.4. The molecule has 0 spiro atoms. The van der Waals surface area contributed by atoms with E-state index < -0.39 is 8.80 Å². The minimum Gasteiger partial charge on any atom is -0.192 e. The van der Waals surface area contributed by atoms with Crippen molar-refractivity contribution in [1.82, 2.24) is 0 Å². The van der Waals surface area contributed by atoms with Crippen LogP contribution in [0.15, 0.2) is 24.3 Å². The minimum absolute atomic E-state index is 0.664. The molecule has 2 heteroatoms. The highest BCUT2D eigenvalue weighted by molar-refractivity contribution is 6.73. The van der Waals surface area contributed by atoms with E-state index in [0.717, 1.165) is 11.5 Å². The van der Waals surface area contributed by atoms with E-state index in [4.69, 9.17) is 5.26 Å². The molecule has 15 heavy (non-hydrogen) atoms. The van der Waals surface area contributed by atoms with Gasteiger partial charge in [0.25, 0.3) is 0 Å². The molecule has 1 saturated heterocycles. The number of rotatable bonds is 1. The van der Waals surface area contributed by atoms with E-state index in [1.54, 1.807) is 5.19 Å². The summed E-state index contributed by atoms with van der Waals surface area (Å²) in [6.45, 7) is 2.36. The third kappa shape index (κ3) is 2.48. The molecule has 0 radical (unpaired) electrons. The Morgan fingerprint density at radius 2 is 1.80 bits per heavy atom. The fourth-order valence-electron chi connectivity index (χ4n) is 2.42. The topological polar surface area (TPSA) is 23.8 Å². The monoisotopic (exact) mass is 215 g/mol. The lowest BCUT2D eigenvalue weighted by Crippen LogP contribution is -2.33. The largest absolute Gasteiger partial charge is 0.192 e. The third-order valence-corrected chi connectivity index (χ3v) is 6.92. The molecule has 1 nitrogen and oxygen atoms in total. The van der Waals surface area contributed by atoms with Crippen molar-refractivity contribution in [3.05, 3.63) is 29.8 Å². The second kappa shape index (κ2) is 4.63. The highest BCUT2D eigenvalue weighted by Gasteiger charge is 2.20. The van der Waals surface area contributed by atoms with Gasteiger partial charge in [-0.05, 0) is 18.1 Å². The van der Waals surface area contributed by atoms with Gasteiger partial charge in [0.1, 0.15) is 0 Å². The van der Waals surface area contributed by atoms with E-state index in [1.165, 1.54) is 24.9 Å². The fourth-order valence-corrected chi connectivity index (χ4v) is 6.06. The predicted molar refractivity (Wildman–Crippen MR) is 66.0 cm³/mol. The van der Waals surface area contributed by atoms with Crippen molar-refractivity contribution in [3.8, 4) is 6.07 Å². The van der Waals surface area contributed by atoms with Crippen molar-refractivity contribution in [2.24, 2.45) is 5.92 Å². The zero-order valence-corrected chi connectivity index (χ0v) is 10.4. The summed E-state index contributed by atoms with van der Waals surface area (Å²) < 4.78 is 0. The van der Waals surface area contributed by atoms with Gasteiger partial charge in [-0.25, -0.2) is 0 Å². The number of benzene rings is 1. The Hall–Kier alpha value is -1.07. The van der Waals surface area contributed by atoms with Crippen molar-refractivity contribution < 1.29 is 0 Å². The number of nitriles is 1. The second-order valence-electron chi connectivity index (χ2n) is 4.69. The number of hydrogen-bond acceptors (Lipinski definition) is 1. The number of hydrogen-bond donors (Lipinski definition) is 0. The third-order valence-electron chi connectivity index (χ3n) is 3.53. The maximum Gasteiger partial charge on any atom is 0.0991 e. The van der Waals surface area contributed by atoms with Crippen molar-refractivity contribution >= 4 is 14.0 Å². The van der Waals surface area contributed by atoms with Gasteiger partial charge in [0.15, 0.2) is 0 Å². The highest BCUT2D eigenvalue weighted by atomic mass is 28.3. The van der Waals surface area contributed by atoms with Crippen LogP contribution in [-0.2, 0) is 0 Å². The lowest BCUT2D eigenvalue weighted by molar-refractivity contribution is 0.520. The first-order chi connectivity index (χ1) is 7.29. The van der Waals surface area contributed by atoms with Gasteiger partial charge in [-0.1, -0.05) is 49.2 Å². The Kier molecular flexibility index (Phi) is 3.22. The maximum absolute atomic E-state index is 8.73. The van der Waals surface area contributed by atoms with Crippen molar-refractivity contribution in [2.75, 3.05) is 0 Å². The maximum atomic E-state index is 8.73. The van der Waals surface area contributed by atoms with Crippen LogP contribution in [0.1, 0.15) is 25.3 Å². The summed E-state index contributed by atoms with van der Waals surface area (Å²) >= 11 is 0. The lowest BCUT2D eigenvalue weighted by Gasteiger charge is -2.25. The molecule has 78 valence electrons. The smallest absolute Gasteiger partial charge is 0.0991 e. The summed E-state index contributed by atoms with van der Waals surface area (Å²) in [5.41, 5.74) is 0.789. The molecule has 1 fully saturated rings. The van der Waals surface area contributed by atoms with Gasteiger partial charge in [0.05, 0.1) is 20.4 Å². The van der Waals surface area contributed by atoms with Crippen molar-refractivity contribution in [1.29, 1.82) is 5.26 Å². The standard InChI is InChI=1S/C13H17NSi/c1-11-6-8-15(9-7-11)13-4-2-12(10-14)3-5-13/h2-5,11,15H,6-9H2,1H3. The Balaban J connectivity index is 2.07. The van der Waals surface area contributed by atoms with Crippen LogP contribution < -0.4 is 5.19 Å². The lowest BCUT2D eigenvalue weighted by atomic mass is 10.1. The molecular weight excluding hydrogens is 198 g/mol. The van der Waals surface area contributed by atoms with Crippen LogP contribution in [0.2, 0.25) is 12.1 Å². The van der Waals surface area contributed by atoms with Gasteiger partial charge in [-0.3, -0.25) is 0 Å². The molecule has 2 rings (SSSR count). The molecule has 1 heterocycles. The van der Waals surface area contributed by atoms with Crippen molar-refractivity contribution in [2.45, 2.75) is 31.9 Å². The average Bonchev–Trinajstić information content (AvgIpc) is 2.30. The highest BCUT2D eigenvalue weighted by Crippen LogP contribution is 2.24. The van der Waals surface area contributed by atoms with Crippen molar-refractivity contribution in [3.63, 3.8) is 0 Å². The summed E-state index contributed by atoms with van der Waals surface area (Å²) in [4.78, 5) is 0. The van der Waals surface area contributed by atoms with Gasteiger partial charge >= 0.3 is 0 Å². The molecule has 1 aromatic rings.